The third-order valence-corrected chi connectivity index (χ3v) is 2.51. The summed E-state index contributed by atoms with van der Waals surface area (Å²) in [4.78, 5) is 22.3. The van der Waals surface area contributed by atoms with Gasteiger partial charge in [-0.2, -0.15) is 0 Å². The molecule has 0 saturated heterocycles. The van der Waals surface area contributed by atoms with Gasteiger partial charge in [0.05, 0.1) is 0 Å². The van der Waals surface area contributed by atoms with E-state index in [1.54, 1.807) is 14.0 Å². The molecule has 1 amide bonds. The number of hydrogen-bond acceptors (Lipinski definition) is 3. The third-order valence-electron chi connectivity index (χ3n) is 2.51. The molecule has 0 aromatic rings. The van der Waals surface area contributed by atoms with Gasteiger partial charge in [-0.1, -0.05) is 19.4 Å². The zero-order chi connectivity index (χ0) is 13.3. The van der Waals surface area contributed by atoms with E-state index < -0.39 is 0 Å². The molecule has 0 aliphatic heterocycles. The molecule has 4 heteroatoms. The number of carbonyl (C=O) groups excluding carboxylic acids is 2. The number of allylic oxidation sites excluding steroid dienone is 1. The molecule has 0 rings (SSSR count). The molecule has 4 nitrogen and oxygen atoms in total. The molecule has 0 bridgehead atoms. The maximum atomic E-state index is 11.6. The molecule has 1 atom stereocenters. The van der Waals surface area contributed by atoms with Crippen LogP contribution in [0, 0.1) is 0 Å². The van der Waals surface area contributed by atoms with Crippen molar-refractivity contribution in [1.82, 2.24) is 10.6 Å². The van der Waals surface area contributed by atoms with Crippen molar-refractivity contribution in [1.29, 1.82) is 0 Å². The topological polar surface area (TPSA) is 58.2 Å². The molecule has 98 valence electrons. The molecule has 0 spiro atoms. The molecule has 0 saturated carbocycles. The minimum Gasteiger partial charge on any atom is -0.378 e. The number of carbonyl (C=O) groups is 2. The third kappa shape index (κ3) is 8.48. The fourth-order valence-corrected chi connectivity index (χ4v) is 1.64. The lowest BCUT2D eigenvalue weighted by molar-refractivity contribution is -0.122. The molecule has 0 radical (unpaired) electrons. The second-order valence-electron chi connectivity index (χ2n) is 4.39. The van der Waals surface area contributed by atoms with Crippen LogP contribution in [0.25, 0.3) is 0 Å². The molecule has 0 unspecified atom stereocenters. The normalized spacial score (nSPS) is 11.7. The first-order valence-electron chi connectivity index (χ1n) is 6.10. The summed E-state index contributed by atoms with van der Waals surface area (Å²) in [7, 11) is 1.63. The van der Waals surface area contributed by atoms with Crippen molar-refractivity contribution in [3.63, 3.8) is 0 Å². The monoisotopic (exact) mass is 240 g/mol. The van der Waals surface area contributed by atoms with E-state index in [2.05, 4.69) is 17.2 Å². The van der Waals surface area contributed by atoms with Gasteiger partial charge in [-0.15, -0.1) is 0 Å². The summed E-state index contributed by atoms with van der Waals surface area (Å²) in [5.74, 6) is 0.215. The maximum absolute atomic E-state index is 11.6. The van der Waals surface area contributed by atoms with Crippen LogP contribution in [0.15, 0.2) is 12.3 Å². The summed E-state index contributed by atoms with van der Waals surface area (Å²) in [5.41, 5.74) is 0.794. The van der Waals surface area contributed by atoms with E-state index >= 15 is 0 Å². The Bertz CT molecular complexity index is 275. The first kappa shape index (κ1) is 15.7. The van der Waals surface area contributed by atoms with Crippen LogP contribution < -0.4 is 10.6 Å². The Balaban J connectivity index is 3.87. The van der Waals surface area contributed by atoms with E-state index in [-0.39, 0.29) is 17.7 Å². The molecular weight excluding hydrogens is 216 g/mol. The van der Waals surface area contributed by atoms with E-state index in [1.165, 1.54) is 0 Å². The van der Waals surface area contributed by atoms with Crippen LogP contribution in [0.4, 0.5) is 0 Å². The standard InChI is InChI=1S/C13H24N2O2/c1-10(2)15-12(13(17)14-4)9-7-5-6-8-11(3)16/h12,15H,1,5-9H2,2-4H3,(H,14,17)/t12-/m0/s1. The average Bonchev–Trinajstić information content (AvgIpc) is 2.25. The summed E-state index contributed by atoms with van der Waals surface area (Å²) in [5, 5.41) is 5.69. The van der Waals surface area contributed by atoms with Gasteiger partial charge in [-0.3, -0.25) is 4.79 Å². The van der Waals surface area contributed by atoms with Crippen molar-refractivity contribution < 1.29 is 9.59 Å². The average molecular weight is 240 g/mol. The first-order chi connectivity index (χ1) is 7.97. The van der Waals surface area contributed by atoms with Gasteiger partial charge in [0.15, 0.2) is 0 Å². The van der Waals surface area contributed by atoms with Crippen LogP contribution in [0.1, 0.15) is 46.0 Å². The van der Waals surface area contributed by atoms with Gasteiger partial charge in [0.1, 0.15) is 11.8 Å². The molecule has 0 aliphatic rings. The lowest BCUT2D eigenvalue weighted by Crippen LogP contribution is -2.41. The van der Waals surface area contributed by atoms with E-state index in [9.17, 15) is 9.59 Å². The minimum atomic E-state index is -0.213. The molecule has 2 N–H and O–H groups in total. The molecule has 0 fully saturated rings. The molecular formula is C13H24N2O2. The van der Waals surface area contributed by atoms with Gasteiger partial charge in [0, 0.05) is 19.2 Å². The predicted molar refractivity (Wildman–Crippen MR) is 69.6 cm³/mol. The van der Waals surface area contributed by atoms with Crippen molar-refractivity contribution in [2.24, 2.45) is 0 Å². The lowest BCUT2D eigenvalue weighted by Gasteiger charge is -2.18. The van der Waals surface area contributed by atoms with E-state index in [4.69, 9.17) is 0 Å². The Kier molecular flexibility index (Phi) is 8.11. The summed E-state index contributed by atoms with van der Waals surface area (Å²) in [6, 6.07) is -0.213. The summed E-state index contributed by atoms with van der Waals surface area (Å²) >= 11 is 0. The number of amides is 1. The maximum Gasteiger partial charge on any atom is 0.242 e. The summed E-state index contributed by atoms with van der Waals surface area (Å²) in [6.45, 7) is 7.19. The SMILES string of the molecule is C=C(C)N[C@@H](CCCCCC(C)=O)C(=O)NC. The molecule has 0 aromatic carbocycles. The molecule has 17 heavy (non-hydrogen) atoms. The summed E-state index contributed by atoms with van der Waals surface area (Å²) in [6.07, 6.45) is 4.22. The number of unbranched alkanes of at least 4 members (excludes halogenated alkanes) is 2. The quantitative estimate of drug-likeness (QED) is 0.604. The smallest absolute Gasteiger partial charge is 0.242 e. The zero-order valence-corrected chi connectivity index (χ0v) is 11.1. The molecule has 0 aromatic heterocycles. The van der Waals surface area contributed by atoms with Crippen LogP contribution in [0.2, 0.25) is 0 Å². The Morgan fingerprint density at radius 1 is 1.18 bits per heavy atom. The summed E-state index contributed by atoms with van der Waals surface area (Å²) < 4.78 is 0. The second-order valence-corrected chi connectivity index (χ2v) is 4.39. The van der Waals surface area contributed by atoms with Crippen LogP contribution in [-0.4, -0.2) is 24.8 Å². The van der Waals surface area contributed by atoms with Crippen molar-refractivity contribution in [2.45, 2.75) is 52.0 Å². The Labute approximate surface area is 104 Å². The fraction of sp³-hybridized carbons (Fsp3) is 0.692. The Morgan fingerprint density at radius 2 is 1.82 bits per heavy atom. The first-order valence-corrected chi connectivity index (χ1v) is 6.10. The van der Waals surface area contributed by atoms with Gasteiger partial charge in [-0.05, 0) is 26.7 Å². The lowest BCUT2D eigenvalue weighted by atomic mass is 10.1. The number of Topliss-reactive ketones (excluding diaryl/α,β-unsaturated/α-hetero) is 1. The Hall–Kier alpha value is -1.32. The number of nitrogens with one attached hydrogen (secondary N) is 2. The van der Waals surface area contributed by atoms with Gasteiger partial charge in [0.25, 0.3) is 0 Å². The minimum absolute atomic E-state index is 0.0143. The van der Waals surface area contributed by atoms with Gasteiger partial charge in [-0.25, -0.2) is 0 Å². The van der Waals surface area contributed by atoms with Crippen molar-refractivity contribution in [3.05, 3.63) is 12.3 Å². The number of rotatable bonds is 9. The fourth-order valence-electron chi connectivity index (χ4n) is 1.64. The van der Waals surface area contributed by atoms with E-state index in [0.717, 1.165) is 31.4 Å². The predicted octanol–water partition coefficient (Wildman–Crippen LogP) is 1.76. The van der Waals surface area contributed by atoms with Gasteiger partial charge < -0.3 is 15.4 Å². The van der Waals surface area contributed by atoms with E-state index in [1.807, 2.05) is 6.92 Å². The van der Waals surface area contributed by atoms with Crippen molar-refractivity contribution in [2.75, 3.05) is 7.05 Å². The van der Waals surface area contributed by atoms with Crippen molar-refractivity contribution >= 4 is 11.7 Å². The highest BCUT2D eigenvalue weighted by Crippen LogP contribution is 2.07. The van der Waals surface area contributed by atoms with Gasteiger partial charge >= 0.3 is 0 Å². The zero-order valence-electron chi connectivity index (χ0n) is 11.1. The van der Waals surface area contributed by atoms with Crippen LogP contribution >= 0.6 is 0 Å². The second kappa shape index (κ2) is 8.79. The Morgan fingerprint density at radius 3 is 2.29 bits per heavy atom. The van der Waals surface area contributed by atoms with Gasteiger partial charge in [0.2, 0.25) is 5.91 Å². The molecule has 0 aliphatic carbocycles. The highest BCUT2D eigenvalue weighted by molar-refractivity contribution is 5.81. The number of likely N-dealkylation sites (N-methyl/N-ethyl adjacent to an activating group) is 1. The highest BCUT2D eigenvalue weighted by atomic mass is 16.2. The molecule has 0 heterocycles. The highest BCUT2D eigenvalue weighted by Gasteiger charge is 2.15. The largest absolute Gasteiger partial charge is 0.378 e. The number of hydrogen-bond donors (Lipinski definition) is 2. The van der Waals surface area contributed by atoms with Crippen molar-refractivity contribution in [3.8, 4) is 0 Å². The van der Waals surface area contributed by atoms with E-state index in [0.29, 0.717) is 6.42 Å². The van der Waals surface area contributed by atoms with Crippen LogP contribution in [0.3, 0.4) is 0 Å². The van der Waals surface area contributed by atoms with Crippen LogP contribution in [-0.2, 0) is 9.59 Å². The van der Waals surface area contributed by atoms with Crippen LogP contribution in [0.5, 0.6) is 0 Å². The number of ketones is 1.